The Bertz CT molecular complexity index is 85.0. The number of hydrogen-bond acceptors (Lipinski definition) is 2. The van der Waals surface area contributed by atoms with Crippen molar-refractivity contribution in [3.05, 3.63) is 0 Å². The molecule has 2 atom stereocenters. The summed E-state index contributed by atoms with van der Waals surface area (Å²) in [6.07, 6.45) is 1.69. The van der Waals surface area contributed by atoms with Gasteiger partial charge in [0.05, 0.1) is 6.10 Å². The fourth-order valence-electron chi connectivity index (χ4n) is 1.28. The third-order valence-electron chi connectivity index (χ3n) is 2.06. The molecule has 0 amide bonds. The summed E-state index contributed by atoms with van der Waals surface area (Å²) in [6.45, 7) is 4.42. The SMILES string of the molecule is COC1CNCCC1C. The number of ether oxygens (including phenoxy) is 1. The summed E-state index contributed by atoms with van der Waals surface area (Å²) in [5, 5.41) is 3.29. The van der Waals surface area contributed by atoms with Crippen molar-refractivity contribution >= 4 is 0 Å². The van der Waals surface area contributed by atoms with E-state index in [4.69, 9.17) is 4.74 Å². The second-order valence-electron chi connectivity index (χ2n) is 2.74. The standard InChI is InChI=1S/C7H15NO/c1-6-3-4-8-5-7(6)9-2/h6-8H,3-5H2,1-2H3. The van der Waals surface area contributed by atoms with Gasteiger partial charge in [0.25, 0.3) is 0 Å². The topological polar surface area (TPSA) is 21.3 Å². The maximum absolute atomic E-state index is 5.24. The summed E-state index contributed by atoms with van der Waals surface area (Å²) in [5.74, 6) is 0.733. The smallest absolute Gasteiger partial charge is 0.0721 e. The van der Waals surface area contributed by atoms with E-state index in [1.54, 1.807) is 7.11 Å². The van der Waals surface area contributed by atoms with Crippen LogP contribution in [0.25, 0.3) is 0 Å². The van der Waals surface area contributed by atoms with Crippen molar-refractivity contribution in [2.24, 2.45) is 5.92 Å². The van der Waals surface area contributed by atoms with E-state index in [0.29, 0.717) is 6.10 Å². The number of nitrogens with one attached hydrogen (secondary N) is 1. The Hall–Kier alpha value is -0.0800. The highest BCUT2D eigenvalue weighted by atomic mass is 16.5. The second kappa shape index (κ2) is 3.18. The molecule has 0 aromatic heterocycles. The molecule has 54 valence electrons. The summed E-state index contributed by atoms with van der Waals surface area (Å²) >= 11 is 0. The van der Waals surface area contributed by atoms with Crippen molar-refractivity contribution in [2.75, 3.05) is 20.2 Å². The van der Waals surface area contributed by atoms with E-state index >= 15 is 0 Å². The fourth-order valence-corrected chi connectivity index (χ4v) is 1.28. The maximum Gasteiger partial charge on any atom is 0.0721 e. The lowest BCUT2D eigenvalue weighted by molar-refractivity contribution is 0.0413. The molecule has 2 heteroatoms. The molecule has 1 fully saturated rings. The zero-order valence-corrected chi connectivity index (χ0v) is 6.18. The van der Waals surface area contributed by atoms with Crippen LogP contribution in [0.4, 0.5) is 0 Å². The molecule has 1 saturated heterocycles. The first-order chi connectivity index (χ1) is 4.34. The summed E-state index contributed by atoms with van der Waals surface area (Å²) < 4.78 is 5.24. The normalized spacial score (nSPS) is 36.7. The second-order valence-corrected chi connectivity index (χ2v) is 2.74. The Balaban J connectivity index is 2.30. The van der Waals surface area contributed by atoms with Crippen molar-refractivity contribution in [3.8, 4) is 0 Å². The van der Waals surface area contributed by atoms with Crippen LogP contribution in [0.5, 0.6) is 0 Å². The Morgan fingerprint density at radius 2 is 2.33 bits per heavy atom. The Morgan fingerprint density at radius 1 is 1.56 bits per heavy atom. The van der Waals surface area contributed by atoms with Crippen LogP contribution in [0, 0.1) is 5.92 Å². The quantitative estimate of drug-likeness (QED) is 0.560. The molecule has 0 radical (unpaired) electrons. The molecule has 1 aliphatic rings. The van der Waals surface area contributed by atoms with Gasteiger partial charge in [0.15, 0.2) is 0 Å². The highest BCUT2D eigenvalue weighted by molar-refractivity contribution is 4.74. The van der Waals surface area contributed by atoms with Gasteiger partial charge in [-0.1, -0.05) is 6.92 Å². The lowest BCUT2D eigenvalue weighted by atomic mass is 9.97. The molecule has 1 rings (SSSR count). The third kappa shape index (κ3) is 1.66. The van der Waals surface area contributed by atoms with Gasteiger partial charge in [0.2, 0.25) is 0 Å². The van der Waals surface area contributed by atoms with E-state index in [9.17, 15) is 0 Å². The van der Waals surface area contributed by atoms with E-state index in [-0.39, 0.29) is 0 Å². The molecule has 0 aliphatic carbocycles. The van der Waals surface area contributed by atoms with Crippen LogP contribution in [-0.4, -0.2) is 26.3 Å². The molecule has 1 aliphatic heterocycles. The summed E-state index contributed by atoms with van der Waals surface area (Å²) in [4.78, 5) is 0. The first-order valence-electron chi connectivity index (χ1n) is 3.58. The predicted octanol–water partition coefficient (Wildman–Crippen LogP) is 0.631. The minimum Gasteiger partial charge on any atom is -0.380 e. The van der Waals surface area contributed by atoms with Gasteiger partial charge in [0.1, 0.15) is 0 Å². The van der Waals surface area contributed by atoms with Crippen molar-refractivity contribution in [1.29, 1.82) is 0 Å². The van der Waals surface area contributed by atoms with E-state index in [0.717, 1.165) is 19.0 Å². The largest absolute Gasteiger partial charge is 0.380 e. The molecular weight excluding hydrogens is 114 g/mol. The van der Waals surface area contributed by atoms with Gasteiger partial charge in [-0.2, -0.15) is 0 Å². The van der Waals surface area contributed by atoms with Gasteiger partial charge < -0.3 is 10.1 Å². The van der Waals surface area contributed by atoms with Crippen molar-refractivity contribution in [2.45, 2.75) is 19.4 Å². The lowest BCUT2D eigenvalue weighted by Gasteiger charge is -2.27. The molecule has 0 spiro atoms. The van der Waals surface area contributed by atoms with E-state index in [2.05, 4.69) is 12.2 Å². The minimum atomic E-state index is 0.443. The zero-order valence-electron chi connectivity index (χ0n) is 6.18. The predicted molar refractivity (Wildman–Crippen MR) is 37.4 cm³/mol. The molecule has 2 nitrogen and oxygen atoms in total. The fraction of sp³-hybridized carbons (Fsp3) is 1.00. The van der Waals surface area contributed by atoms with Crippen molar-refractivity contribution in [1.82, 2.24) is 5.32 Å². The molecule has 1 heterocycles. The first-order valence-corrected chi connectivity index (χ1v) is 3.58. The summed E-state index contributed by atoms with van der Waals surface area (Å²) in [7, 11) is 1.79. The third-order valence-corrected chi connectivity index (χ3v) is 2.06. The number of rotatable bonds is 1. The van der Waals surface area contributed by atoms with Gasteiger partial charge in [0, 0.05) is 13.7 Å². The monoisotopic (exact) mass is 129 g/mol. The van der Waals surface area contributed by atoms with Gasteiger partial charge in [-0.25, -0.2) is 0 Å². The van der Waals surface area contributed by atoms with Crippen molar-refractivity contribution < 1.29 is 4.74 Å². The first kappa shape index (κ1) is 7.03. The van der Waals surface area contributed by atoms with Crippen LogP contribution in [0.3, 0.4) is 0 Å². The Kier molecular flexibility index (Phi) is 2.49. The number of methoxy groups -OCH3 is 1. The maximum atomic E-state index is 5.24. The zero-order chi connectivity index (χ0) is 6.69. The molecule has 0 saturated carbocycles. The Labute approximate surface area is 56.6 Å². The molecular formula is C7H15NO. The molecule has 0 bridgehead atoms. The average molecular weight is 129 g/mol. The number of piperidine rings is 1. The van der Waals surface area contributed by atoms with Gasteiger partial charge in [-0.05, 0) is 18.9 Å². The van der Waals surface area contributed by atoms with Crippen LogP contribution >= 0.6 is 0 Å². The van der Waals surface area contributed by atoms with Crippen LogP contribution in [-0.2, 0) is 4.74 Å². The molecule has 1 N–H and O–H groups in total. The molecule has 2 unspecified atom stereocenters. The minimum absolute atomic E-state index is 0.443. The molecule has 0 aromatic carbocycles. The van der Waals surface area contributed by atoms with E-state index < -0.39 is 0 Å². The van der Waals surface area contributed by atoms with Gasteiger partial charge >= 0.3 is 0 Å². The summed E-state index contributed by atoms with van der Waals surface area (Å²) in [6, 6.07) is 0. The van der Waals surface area contributed by atoms with E-state index in [1.165, 1.54) is 6.42 Å². The van der Waals surface area contributed by atoms with Gasteiger partial charge in [-0.15, -0.1) is 0 Å². The summed E-state index contributed by atoms with van der Waals surface area (Å²) in [5.41, 5.74) is 0. The molecule has 0 aromatic rings. The van der Waals surface area contributed by atoms with Crippen LogP contribution < -0.4 is 5.32 Å². The van der Waals surface area contributed by atoms with Gasteiger partial charge in [-0.3, -0.25) is 0 Å². The number of hydrogen-bond donors (Lipinski definition) is 1. The lowest BCUT2D eigenvalue weighted by Crippen LogP contribution is -2.40. The Morgan fingerprint density at radius 3 is 2.78 bits per heavy atom. The van der Waals surface area contributed by atoms with Crippen LogP contribution in [0.2, 0.25) is 0 Å². The molecule has 9 heavy (non-hydrogen) atoms. The average Bonchev–Trinajstić information content (AvgIpc) is 1.89. The highest BCUT2D eigenvalue weighted by Crippen LogP contribution is 2.12. The van der Waals surface area contributed by atoms with Crippen molar-refractivity contribution in [3.63, 3.8) is 0 Å². The van der Waals surface area contributed by atoms with Crippen LogP contribution in [0.1, 0.15) is 13.3 Å². The van der Waals surface area contributed by atoms with E-state index in [1.807, 2.05) is 0 Å². The highest BCUT2D eigenvalue weighted by Gasteiger charge is 2.19. The van der Waals surface area contributed by atoms with Crippen LogP contribution in [0.15, 0.2) is 0 Å².